The topological polar surface area (TPSA) is 92.3 Å². The molecule has 0 saturated carbocycles. The number of fused-ring (bicyclic) bond motifs is 1. The Morgan fingerprint density at radius 2 is 2.29 bits per heavy atom. The van der Waals surface area contributed by atoms with Gasteiger partial charge >= 0.3 is 5.76 Å². The number of H-pyrrole nitrogens is 1. The number of aromatic nitrogens is 1. The van der Waals surface area contributed by atoms with Gasteiger partial charge in [0.2, 0.25) is 5.91 Å². The van der Waals surface area contributed by atoms with E-state index >= 15 is 0 Å². The van der Waals surface area contributed by atoms with Crippen molar-refractivity contribution in [3.63, 3.8) is 0 Å². The zero-order chi connectivity index (χ0) is 12.4. The first-order valence-corrected chi connectivity index (χ1v) is 5.13. The number of nitrogens with one attached hydrogen (secondary N) is 1. The average Bonchev–Trinajstić information content (AvgIpc) is 2.55. The average molecular weight is 235 g/mol. The number of hydrogen-bond acceptors (Lipinski definition) is 4. The summed E-state index contributed by atoms with van der Waals surface area (Å²) in [6.07, 6.45) is 0. The number of primary amides is 1. The first-order chi connectivity index (χ1) is 8.04. The largest absolute Gasteiger partial charge is 0.417 e. The number of nitrogens with zero attached hydrogens (tertiary/aromatic N) is 1. The number of likely N-dealkylation sites (N-methyl/N-ethyl adjacent to an activating group) is 1. The number of amides is 1. The van der Waals surface area contributed by atoms with Gasteiger partial charge in [0.15, 0.2) is 5.58 Å². The number of hydrogen-bond donors (Lipinski definition) is 2. The van der Waals surface area contributed by atoms with E-state index in [2.05, 4.69) is 4.98 Å². The molecule has 0 spiro atoms. The van der Waals surface area contributed by atoms with Crippen LogP contribution in [0.25, 0.3) is 11.1 Å². The van der Waals surface area contributed by atoms with Gasteiger partial charge in [-0.15, -0.1) is 0 Å². The highest BCUT2D eigenvalue weighted by molar-refractivity contribution is 5.76. The summed E-state index contributed by atoms with van der Waals surface area (Å²) in [5.74, 6) is -0.843. The van der Waals surface area contributed by atoms with Crippen molar-refractivity contribution in [2.75, 3.05) is 13.6 Å². The molecule has 90 valence electrons. The normalized spacial score (nSPS) is 11.2. The third-order valence-corrected chi connectivity index (χ3v) is 2.36. The van der Waals surface area contributed by atoms with E-state index in [4.69, 9.17) is 10.2 Å². The third-order valence-electron chi connectivity index (χ3n) is 2.36. The highest BCUT2D eigenvalue weighted by Gasteiger charge is 2.06. The zero-order valence-electron chi connectivity index (χ0n) is 9.40. The number of aromatic amines is 1. The Balaban J connectivity index is 2.18. The number of carbonyl (C=O) groups is 1. The van der Waals surface area contributed by atoms with Crippen LogP contribution in [0.2, 0.25) is 0 Å². The molecule has 0 aliphatic heterocycles. The second kappa shape index (κ2) is 4.42. The predicted octanol–water partition coefficient (Wildman–Crippen LogP) is 0.0382. The van der Waals surface area contributed by atoms with Gasteiger partial charge in [-0.2, -0.15) is 0 Å². The Bertz CT molecular complexity index is 599. The van der Waals surface area contributed by atoms with E-state index in [9.17, 15) is 9.59 Å². The molecule has 1 aromatic heterocycles. The second-order valence-electron chi connectivity index (χ2n) is 3.98. The standard InChI is InChI=1S/C11H13N3O3/c1-14(6-10(12)15)5-7-2-3-8-9(4-7)17-11(16)13-8/h2-4H,5-6H2,1H3,(H2,12,15)(H,13,16). The molecule has 0 aliphatic carbocycles. The van der Waals surface area contributed by atoms with Crippen LogP contribution in [0.5, 0.6) is 0 Å². The number of oxazole rings is 1. The Kier molecular flexibility index (Phi) is 2.97. The van der Waals surface area contributed by atoms with Crippen LogP contribution in [0.4, 0.5) is 0 Å². The van der Waals surface area contributed by atoms with Crippen LogP contribution >= 0.6 is 0 Å². The molecule has 1 amide bonds. The summed E-state index contributed by atoms with van der Waals surface area (Å²) in [6.45, 7) is 0.753. The SMILES string of the molecule is CN(CC(N)=O)Cc1ccc2[nH]c(=O)oc2c1. The van der Waals surface area contributed by atoms with Crippen LogP contribution in [0.15, 0.2) is 27.4 Å². The van der Waals surface area contributed by atoms with Gasteiger partial charge in [0, 0.05) is 6.54 Å². The fraction of sp³-hybridized carbons (Fsp3) is 0.273. The van der Waals surface area contributed by atoms with Crippen LogP contribution in [-0.4, -0.2) is 29.4 Å². The number of benzene rings is 1. The Labute approximate surface area is 97.0 Å². The molecular weight excluding hydrogens is 222 g/mol. The monoisotopic (exact) mass is 235 g/mol. The molecule has 0 saturated heterocycles. The first-order valence-electron chi connectivity index (χ1n) is 5.13. The molecule has 6 nitrogen and oxygen atoms in total. The van der Waals surface area contributed by atoms with Crippen LogP contribution in [0.3, 0.4) is 0 Å². The molecule has 2 rings (SSSR count). The fourth-order valence-electron chi connectivity index (χ4n) is 1.72. The van der Waals surface area contributed by atoms with Gasteiger partial charge in [-0.05, 0) is 24.7 Å². The van der Waals surface area contributed by atoms with Crippen molar-refractivity contribution in [1.29, 1.82) is 0 Å². The summed E-state index contributed by atoms with van der Waals surface area (Å²) in [7, 11) is 1.79. The van der Waals surface area contributed by atoms with Gasteiger partial charge in [-0.25, -0.2) is 4.79 Å². The summed E-state index contributed by atoms with van der Waals surface area (Å²) in [4.78, 5) is 26.1. The summed E-state index contributed by atoms with van der Waals surface area (Å²) < 4.78 is 4.95. The summed E-state index contributed by atoms with van der Waals surface area (Å²) in [5, 5.41) is 0. The van der Waals surface area contributed by atoms with Gasteiger partial charge in [-0.1, -0.05) is 6.07 Å². The molecular formula is C11H13N3O3. The second-order valence-corrected chi connectivity index (χ2v) is 3.98. The summed E-state index contributed by atoms with van der Waals surface area (Å²) in [5.41, 5.74) is 7.22. The minimum atomic E-state index is -0.470. The van der Waals surface area contributed by atoms with Gasteiger partial charge < -0.3 is 10.2 Å². The number of carbonyl (C=O) groups excluding carboxylic acids is 1. The van der Waals surface area contributed by atoms with Gasteiger partial charge in [-0.3, -0.25) is 14.7 Å². The third kappa shape index (κ3) is 2.73. The molecule has 0 fully saturated rings. The lowest BCUT2D eigenvalue weighted by molar-refractivity contribution is -0.118. The molecule has 17 heavy (non-hydrogen) atoms. The van der Waals surface area contributed by atoms with Crippen molar-refractivity contribution in [2.45, 2.75) is 6.54 Å². The lowest BCUT2D eigenvalue weighted by atomic mass is 10.2. The molecule has 1 heterocycles. The predicted molar refractivity (Wildman–Crippen MR) is 62.4 cm³/mol. The Morgan fingerprint density at radius 3 is 3.00 bits per heavy atom. The minimum Gasteiger partial charge on any atom is -0.408 e. The fourth-order valence-corrected chi connectivity index (χ4v) is 1.72. The van der Waals surface area contributed by atoms with E-state index in [1.807, 2.05) is 6.07 Å². The minimum absolute atomic E-state index is 0.190. The Hall–Kier alpha value is -2.08. The van der Waals surface area contributed by atoms with Crippen LogP contribution in [-0.2, 0) is 11.3 Å². The van der Waals surface area contributed by atoms with E-state index in [0.29, 0.717) is 17.6 Å². The number of rotatable bonds is 4. The van der Waals surface area contributed by atoms with E-state index < -0.39 is 5.76 Å². The maximum absolute atomic E-state index is 11.0. The van der Waals surface area contributed by atoms with Gasteiger partial charge in [0.25, 0.3) is 0 Å². The molecule has 1 aromatic carbocycles. The zero-order valence-corrected chi connectivity index (χ0v) is 9.40. The van der Waals surface area contributed by atoms with Gasteiger partial charge in [0.1, 0.15) is 0 Å². The van der Waals surface area contributed by atoms with E-state index in [1.54, 1.807) is 24.1 Å². The van der Waals surface area contributed by atoms with Crippen LogP contribution in [0.1, 0.15) is 5.56 Å². The molecule has 0 radical (unpaired) electrons. The lowest BCUT2D eigenvalue weighted by Crippen LogP contribution is -2.30. The van der Waals surface area contributed by atoms with E-state index in [1.165, 1.54) is 0 Å². The molecule has 0 aliphatic rings. The molecule has 0 bridgehead atoms. The molecule has 0 atom stereocenters. The van der Waals surface area contributed by atoms with E-state index in [-0.39, 0.29) is 12.5 Å². The lowest BCUT2D eigenvalue weighted by Gasteiger charge is -2.13. The van der Waals surface area contributed by atoms with E-state index in [0.717, 1.165) is 5.56 Å². The molecule has 2 aromatic rings. The van der Waals surface area contributed by atoms with Gasteiger partial charge in [0.05, 0.1) is 12.1 Å². The molecule has 0 unspecified atom stereocenters. The highest BCUT2D eigenvalue weighted by Crippen LogP contribution is 2.13. The van der Waals surface area contributed by atoms with Crippen molar-refractivity contribution in [2.24, 2.45) is 5.73 Å². The Morgan fingerprint density at radius 1 is 1.53 bits per heavy atom. The molecule has 3 N–H and O–H groups in total. The maximum Gasteiger partial charge on any atom is 0.417 e. The number of nitrogens with two attached hydrogens (primary N) is 1. The van der Waals surface area contributed by atoms with Crippen molar-refractivity contribution < 1.29 is 9.21 Å². The van der Waals surface area contributed by atoms with Crippen molar-refractivity contribution in [3.05, 3.63) is 34.3 Å². The van der Waals surface area contributed by atoms with Crippen LogP contribution in [0, 0.1) is 0 Å². The smallest absolute Gasteiger partial charge is 0.408 e. The van der Waals surface area contributed by atoms with Crippen LogP contribution < -0.4 is 11.5 Å². The molecule has 6 heteroatoms. The van der Waals surface area contributed by atoms with Crippen molar-refractivity contribution in [1.82, 2.24) is 9.88 Å². The maximum atomic E-state index is 11.0. The highest BCUT2D eigenvalue weighted by atomic mass is 16.4. The van der Waals surface area contributed by atoms with Crippen molar-refractivity contribution >= 4 is 17.0 Å². The summed E-state index contributed by atoms with van der Waals surface area (Å²) >= 11 is 0. The first kappa shape index (κ1) is 11.4. The quantitative estimate of drug-likeness (QED) is 0.782. The van der Waals surface area contributed by atoms with Crippen molar-refractivity contribution in [3.8, 4) is 0 Å². The summed E-state index contributed by atoms with van der Waals surface area (Å²) in [6, 6.07) is 5.41.